The second-order valence-corrected chi connectivity index (χ2v) is 3.89. The van der Waals surface area contributed by atoms with Crippen LogP contribution in [0.25, 0.3) is 11.0 Å². The van der Waals surface area contributed by atoms with Gasteiger partial charge in [-0.25, -0.2) is 0 Å². The van der Waals surface area contributed by atoms with Crippen molar-refractivity contribution in [1.29, 1.82) is 0 Å². The van der Waals surface area contributed by atoms with E-state index in [0.717, 1.165) is 9.86 Å². The number of hydrogen-bond donors (Lipinski definition) is 1. The van der Waals surface area contributed by atoms with Crippen LogP contribution in [0.4, 0.5) is 0 Å². The third kappa shape index (κ3) is 1.65. The SMILES string of the molecule is O=C(O)Cc1coc2ccc(Br)cc12. The first-order valence-corrected chi connectivity index (χ1v) is 4.83. The van der Waals surface area contributed by atoms with Gasteiger partial charge in [-0.15, -0.1) is 0 Å². The average Bonchev–Trinajstić information content (AvgIpc) is 2.47. The smallest absolute Gasteiger partial charge is 0.307 e. The highest BCUT2D eigenvalue weighted by molar-refractivity contribution is 9.10. The van der Waals surface area contributed by atoms with Crippen LogP contribution in [-0.4, -0.2) is 11.1 Å². The summed E-state index contributed by atoms with van der Waals surface area (Å²) in [4.78, 5) is 10.5. The molecule has 14 heavy (non-hydrogen) atoms. The van der Waals surface area contributed by atoms with E-state index in [-0.39, 0.29) is 6.42 Å². The summed E-state index contributed by atoms with van der Waals surface area (Å²) < 4.78 is 6.14. The van der Waals surface area contributed by atoms with Crippen molar-refractivity contribution >= 4 is 32.9 Å². The Balaban J connectivity index is 2.55. The molecule has 0 unspecified atom stereocenters. The van der Waals surface area contributed by atoms with E-state index in [2.05, 4.69) is 15.9 Å². The fourth-order valence-corrected chi connectivity index (χ4v) is 1.71. The number of furan rings is 1. The molecule has 0 spiro atoms. The Bertz CT molecular complexity index is 487. The van der Waals surface area contributed by atoms with Crippen molar-refractivity contribution in [3.63, 3.8) is 0 Å². The summed E-state index contributed by atoms with van der Waals surface area (Å²) in [7, 11) is 0. The van der Waals surface area contributed by atoms with Gasteiger partial charge >= 0.3 is 5.97 Å². The van der Waals surface area contributed by atoms with E-state index in [1.165, 1.54) is 6.26 Å². The topological polar surface area (TPSA) is 50.4 Å². The second-order valence-electron chi connectivity index (χ2n) is 2.97. The van der Waals surface area contributed by atoms with E-state index in [1.807, 2.05) is 18.2 Å². The van der Waals surface area contributed by atoms with Crippen LogP contribution in [-0.2, 0) is 11.2 Å². The molecule has 3 nitrogen and oxygen atoms in total. The molecule has 4 heteroatoms. The molecule has 0 amide bonds. The largest absolute Gasteiger partial charge is 0.481 e. The number of rotatable bonds is 2. The highest BCUT2D eigenvalue weighted by Gasteiger charge is 2.09. The van der Waals surface area contributed by atoms with Gasteiger partial charge in [0.1, 0.15) is 5.58 Å². The number of carbonyl (C=O) groups is 1. The van der Waals surface area contributed by atoms with Crippen LogP contribution in [0.15, 0.2) is 33.4 Å². The molecular formula is C10H7BrO3. The molecule has 2 rings (SSSR count). The van der Waals surface area contributed by atoms with E-state index in [4.69, 9.17) is 9.52 Å². The summed E-state index contributed by atoms with van der Waals surface area (Å²) in [5.74, 6) is -0.854. The molecule has 0 saturated carbocycles. The highest BCUT2D eigenvalue weighted by atomic mass is 79.9. The minimum Gasteiger partial charge on any atom is -0.481 e. The maximum absolute atomic E-state index is 10.5. The standard InChI is InChI=1S/C10H7BrO3/c11-7-1-2-9-8(4-7)6(5-14-9)3-10(12)13/h1-2,4-5H,3H2,(H,12,13). The first-order valence-electron chi connectivity index (χ1n) is 4.04. The predicted molar refractivity (Wildman–Crippen MR) is 55.3 cm³/mol. The number of benzene rings is 1. The Morgan fingerprint density at radius 3 is 3.00 bits per heavy atom. The molecule has 2 aromatic rings. The monoisotopic (exact) mass is 254 g/mol. The molecule has 0 atom stereocenters. The van der Waals surface area contributed by atoms with Crippen molar-refractivity contribution in [2.45, 2.75) is 6.42 Å². The minimum atomic E-state index is -0.854. The summed E-state index contributed by atoms with van der Waals surface area (Å²) in [5.41, 5.74) is 1.42. The molecule has 0 aliphatic heterocycles. The van der Waals surface area contributed by atoms with E-state index < -0.39 is 5.97 Å². The summed E-state index contributed by atoms with van der Waals surface area (Å²) in [6.07, 6.45) is 1.48. The van der Waals surface area contributed by atoms with Crippen molar-refractivity contribution in [3.05, 3.63) is 34.5 Å². The van der Waals surface area contributed by atoms with Gasteiger partial charge in [0.15, 0.2) is 0 Å². The maximum Gasteiger partial charge on any atom is 0.307 e. The number of hydrogen-bond acceptors (Lipinski definition) is 2. The highest BCUT2D eigenvalue weighted by Crippen LogP contribution is 2.25. The fourth-order valence-electron chi connectivity index (χ4n) is 1.35. The minimum absolute atomic E-state index is 0.0105. The zero-order chi connectivity index (χ0) is 10.1. The molecule has 1 aromatic carbocycles. The van der Waals surface area contributed by atoms with Crippen LogP contribution in [0.3, 0.4) is 0 Å². The zero-order valence-corrected chi connectivity index (χ0v) is 8.74. The number of carboxylic acid groups (broad SMARTS) is 1. The Morgan fingerprint density at radius 1 is 1.50 bits per heavy atom. The lowest BCUT2D eigenvalue weighted by Crippen LogP contribution is -1.98. The van der Waals surface area contributed by atoms with Gasteiger partial charge in [0.05, 0.1) is 12.7 Å². The van der Waals surface area contributed by atoms with Crippen molar-refractivity contribution in [1.82, 2.24) is 0 Å². The molecule has 1 aromatic heterocycles. The number of halogens is 1. The quantitative estimate of drug-likeness (QED) is 0.897. The van der Waals surface area contributed by atoms with E-state index >= 15 is 0 Å². The van der Waals surface area contributed by atoms with Crippen molar-refractivity contribution in [3.8, 4) is 0 Å². The normalized spacial score (nSPS) is 10.6. The van der Waals surface area contributed by atoms with Crippen LogP contribution in [0.2, 0.25) is 0 Å². The van der Waals surface area contributed by atoms with Crippen LogP contribution in [0.1, 0.15) is 5.56 Å². The molecular weight excluding hydrogens is 248 g/mol. The average molecular weight is 255 g/mol. The van der Waals surface area contributed by atoms with Gasteiger partial charge in [-0.1, -0.05) is 15.9 Å². The van der Waals surface area contributed by atoms with Gasteiger partial charge in [-0.3, -0.25) is 4.79 Å². The lowest BCUT2D eigenvalue weighted by Gasteiger charge is -1.93. The van der Waals surface area contributed by atoms with Gasteiger partial charge in [-0.2, -0.15) is 0 Å². The summed E-state index contributed by atoms with van der Waals surface area (Å²) in [6.45, 7) is 0. The Kier molecular flexibility index (Phi) is 2.29. The number of aliphatic carboxylic acids is 1. The molecule has 0 aliphatic rings. The summed E-state index contributed by atoms with van der Waals surface area (Å²) in [6, 6.07) is 5.53. The first-order chi connectivity index (χ1) is 6.66. The first kappa shape index (κ1) is 9.27. The van der Waals surface area contributed by atoms with E-state index in [0.29, 0.717) is 11.1 Å². The van der Waals surface area contributed by atoms with Gasteiger partial charge in [0.25, 0.3) is 0 Å². The molecule has 72 valence electrons. The van der Waals surface area contributed by atoms with Gasteiger partial charge in [-0.05, 0) is 18.2 Å². The van der Waals surface area contributed by atoms with E-state index in [1.54, 1.807) is 0 Å². The lowest BCUT2D eigenvalue weighted by molar-refractivity contribution is -0.136. The molecule has 0 bridgehead atoms. The molecule has 1 N–H and O–H groups in total. The number of fused-ring (bicyclic) bond motifs is 1. The molecule has 0 radical (unpaired) electrons. The molecule has 0 aliphatic carbocycles. The van der Waals surface area contributed by atoms with Crippen molar-refractivity contribution in [2.24, 2.45) is 0 Å². The lowest BCUT2D eigenvalue weighted by atomic mass is 10.1. The van der Waals surface area contributed by atoms with Crippen LogP contribution < -0.4 is 0 Å². The van der Waals surface area contributed by atoms with Gasteiger partial charge in [0, 0.05) is 15.4 Å². The molecule has 0 saturated heterocycles. The van der Waals surface area contributed by atoms with Crippen LogP contribution in [0.5, 0.6) is 0 Å². The fraction of sp³-hybridized carbons (Fsp3) is 0.100. The molecule has 0 fully saturated rings. The Labute approximate surface area is 88.5 Å². The van der Waals surface area contributed by atoms with E-state index in [9.17, 15) is 4.79 Å². The maximum atomic E-state index is 10.5. The van der Waals surface area contributed by atoms with Crippen molar-refractivity contribution in [2.75, 3.05) is 0 Å². The van der Waals surface area contributed by atoms with Gasteiger partial charge < -0.3 is 9.52 Å². The zero-order valence-electron chi connectivity index (χ0n) is 7.16. The van der Waals surface area contributed by atoms with Crippen molar-refractivity contribution < 1.29 is 14.3 Å². The Morgan fingerprint density at radius 2 is 2.29 bits per heavy atom. The van der Waals surface area contributed by atoms with Crippen LogP contribution in [0, 0.1) is 0 Å². The number of carboxylic acids is 1. The van der Waals surface area contributed by atoms with Gasteiger partial charge in [0.2, 0.25) is 0 Å². The second kappa shape index (κ2) is 3.46. The third-order valence-corrected chi connectivity index (χ3v) is 2.45. The summed E-state index contributed by atoms with van der Waals surface area (Å²) in [5, 5.41) is 9.51. The predicted octanol–water partition coefficient (Wildman–Crippen LogP) is 2.82. The third-order valence-electron chi connectivity index (χ3n) is 1.96. The summed E-state index contributed by atoms with van der Waals surface area (Å²) >= 11 is 3.33. The Hall–Kier alpha value is -1.29. The van der Waals surface area contributed by atoms with Crippen LogP contribution >= 0.6 is 15.9 Å². The molecule has 1 heterocycles.